The summed E-state index contributed by atoms with van der Waals surface area (Å²) in [6, 6.07) is 4.44. The zero-order chi connectivity index (χ0) is 15.8. The van der Waals surface area contributed by atoms with Crippen LogP contribution in [0.2, 0.25) is 0 Å². The number of nitrogen functional groups attached to an aromatic ring is 1. The molecule has 1 aromatic rings. The van der Waals surface area contributed by atoms with Gasteiger partial charge in [-0.25, -0.2) is 21.6 Å². The summed E-state index contributed by atoms with van der Waals surface area (Å²) in [4.78, 5) is -0.0869. The fraction of sp³-hybridized carbons (Fsp3) is 0.455. The summed E-state index contributed by atoms with van der Waals surface area (Å²) in [5.41, 5.74) is 5.74. The first kappa shape index (κ1) is 17.4. The summed E-state index contributed by atoms with van der Waals surface area (Å²) in [5, 5.41) is 0. The molecule has 20 heavy (non-hydrogen) atoms. The fourth-order valence-corrected chi connectivity index (χ4v) is 3.52. The molecule has 1 rings (SSSR count). The van der Waals surface area contributed by atoms with Gasteiger partial charge in [-0.05, 0) is 32.0 Å². The van der Waals surface area contributed by atoms with Crippen molar-refractivity contribution in [3.63, 3.8) is 0 Å². The van der Waals surface area contributed by atoms with E-state index in [9.17, 15) is 16.8 Å². The number of hydrogen-bond acceptors (Lipinski definition) is 5. The van der Waals surface area contributed by atoms with E-state index in [1.165, 1.54) is 26.0 Å². The van der Waals surface area contributed by atoms with Crippen LogP contribution < -0.4 is 10.5 Å². The summed E-state index contributed by atoms with van der Waals surface area (Å²) >= 11 is 3.17. The van der Waals surface area contributed by atoms with Gasteiger partial charge in [0.15, 0.2) is 9.84 Å². The predicted molar refractivity (Wildman–Crippen MR) is 82.7 cm³/mol. The molecule has 3 N–H and O–H groups in total. The summed E-state index contributed by atoms with van der Waals surface area (Å²) in [6.45, 7) is 2.67. The van der Waals surface area contributed by atoms with E-state index in [4.69, 9.17) is 5.73 Å². The van der Waals surface area contributed by atoms with Gasteiger partial charge >= 0.3 is 0 Å². The molecule has 0 aliphatic heterocycles. The van der Waals surface area contributed by atoms with Crippen molar-refractivity contribution in [2.75, 3.05) is 18.5 Å². The highest BCUT2D eigenvalue weighted by molar-refractivity contribution is 9.10. The minimum absolute atomic E-state index is 0.0869. The molecule has 0 heterocycles. The van der Waals surface area contributed by atoms with E-state index < -0.39 is 24.6 Å². The van der Waals surface area contributed by atoms with Gasteiger partial charge < -0.3 is 5.73 Å². The molecule has 0 amide bonds. The molecule has 0 aromatic heterocycles. The molecule has 1 aromatic carbocycles. The molecule has 114 valence electrons. The topological polar surface area (TPSA) is 106 Å². The highest BCUT2D eigenvalue weighted by Gasteiger charge is 2.32. The van der Waals surface area contributed by atoms with E-state index in [1.54, 1.807) is 6.07 Å². The van der Waals surface area contributed by atoms with Crippen LogP contribution in [0.5, 0.6) is 0 Å². The van der Waals surface area contributed by atoms with Gasteiger partial charge in [-0.3, -0.25) is 0 Å². The summed E-state index contributed by atoms with van der Waals surface area (Å²) in [5.74, 6) is 0. The van der Waals surface area contributed by atoms with E-state index in [0.717, 1.165) is 6.26 Å². The van der Waals surface area contributed by atoms with Crippen LogP contribution in [0.1, 0.15) is 13.8 Å². The lowest BCUT2D eigenvalue weighted by molar-refractivity contribution is 0.537. The van der Waals surface area contributed by atoms with Crippen molar-refractivity contribution in [1.82, 2.24) is 4.72 Å². The van der Waals surface area contributed by atoms with Crippen LogP contribution in [-0.2, 0) is 19.9 Å². The Balaban J connectivity index is 3.06. The van der Waals surface area contributed by atoms with Gasteiger partial charge in [0.1, 0.15) is 4.90 Å². The average Bonchev–Trinajstić information content (AvgIpc) is 2.28. The normalized spacial score (nSPS) is 13.4. The maximum absolute atomic E-state index is 12.2. The standard InChI is InChI=1S/C11H17BrN2O4S2/c1-11(2,19(3,15)16)7-14-20(17,18)10-6-8(12)4-5-9(10)13/h4-6,14H,7,13H2,1-3H3. The smallest absolute Gasteiger partial charge is 0.242 e. The molecular formula is C11H17BrN2O4S2. The van der Waals surface area contributed by atoms with Gasteiger partial charge in [0, 0.05) is 17.3 Å². The first-order valence-corrected chi connectivity index (χ1v) is 9.78. The molecule has 0 bridgehead atoms. The number of nitrogens with two attached hydrogens (primary N) is 1. The largest absolute Gasteiger partial charge is 0.398 e. The third-order valence-corrected chi connectivity index (χ3v) is 7.06. The van der Waals surface area contributed by atoms with E-state index >= 15 is 0 Å². The van der Waals surface area contributed by atoms with Crippen molar-refractivity contribution in [3.8, 4) is 0 Å². The Morgan fingerprint density at radius 3 is 2.30 bits per heavy atom. The monoisotopic (exact) mass is 384 g/mol. The molecule has 0 radical (unpaired) electrons. The third kappa shape index (κ3) is 3.94. The van der Waals surface area contributed by atoms with Crippen LogP contribution in [-0.4, -0.2) is 34.4 Å². The Hall–Kier alpha value is -0.640. The number of nitrogens with one attached hydrogen (secondary N) is 1. The first-order valence-electron chi connectivity index (χ1n) is 5.61. The zero-order valence-corrected chi connectivity index (χ0v) is 14.6. The van der Waals surface area contributed by atoms with Crippen LogP contribution in [0.15, 0.2) is 27.6 Å². The summed E-state index contributed by atoms with van der Waals surface area (Å²) < 4.78 is 49.1. The average molecular weight is 385 g/mol. The Bertz CT molecular complexity index is 712. The second-order valence-electron chi connectivity index (χ2n) is 5.04. The Kier molecular flexibility index (Phi) is 4.90. The lowest BCUT2D eigenvalue weighted by Gasteiger charge is -2.22. The van der Waals surface area contributed by atoms with Crippen molar-refractivity contribution >= 4 is 41.5 Å². The number of benzene rings is 1. The van der Waals surface area contributed by atoms with Crippen molar-refractivity contribution in [1.29, 1.82) is 0 Å². The maximum Gasteiger partial charge on any atom is 0.242 e. The SMILES string of the molecule is CC(C)(CNS(=O)(=O)c1cc(Br)ccc1N)S(C)(=O)=O. The van der Waals surface area contributed by atoms with Crippen LogP contribution in [0.3, 0.4) is 0 Å². The summed E-state index contributed by atoms with van der Waals surface area (Å²) in [6.07, 6.45) is 1.06. The number of rotatable bonds is 5. The highest BCUT2D eigenvalue weighted by Crippen LogP contribution is 2.23. The maximum atomic E-state index is 12.2. The minimum atomic E-state index is -3.88. The molecule has 0 saturated heterocycles. The number of sulfonamides is 1. The van der Waals surface area contributed by atoms with Crippen molar-refractivity contribution < 1.29 is 16.8 Å². The van der Waals surface area contributed by atoms with Crippen molar-refractivity contribution in [3.05, 3.63) is 22.7 Å². The lowest BCUT2D eigenvalue weighted by Crippen LogP contribution is -2.43. The molecule has 9 heteroatoms. The van der Waals surface area contributed by atoms with E-state index in [2.05, 4.69) is 20.7 Å². The first-order chi connectivity index (χ1) is 8.87. The Morgan fingerprint density at radius 2 is 1.80 bits per heavy atom. The molecule has 0 atom stereocenters. The third-order valence-electron chi connectivity index (χ3n) is 2.96. The Labute approximate surface area is 127 Å². The van der Waals surface area contributed by atoms with Gasteiger partial charge in [0.2, 0.25) is 10.0 Å². The number of anilines is 1. The van der Waals surface area contributed by atoms with Crippen LogP contribution >= 0.6 is 15.9 Å². The van der Waals surface area contributed by atoms with Crippen LogP contribution in [0.4, 0.5) is 5.69 Å². The quantitative estimate of drug-likeness (QED) is 0.740. The molecule has 0 unspecified atom stereocenters. The van der Waals surface area contributed by atoms with Gasteiger partial charge in [0.05, 0.1) is 10.4 Å². The molecule has 0 fully saturated rings. The molecule has 0 aliphatic rings. The summed E-state index contributed by atoms with van der Waals surface area (Å²) in [7, 11) is -7.27. The minimum Gasteiger partial charge on any atom is -0.398 e. The number of hydrogen-bond donors (Lipinski definition) is 2. The van der Waals surface area contributed by atoms with Gasteiger partial charge in [-0.2, -0.15) is 0 Å². The predicted octanol–water partition coefficient (Wildman–Crippen LogP) is 1.13. The molecule has 0 spiro atoms. The van der Waals surface area contributed by atoms with E-state index in [1.807, 2.05) is 0 Å². The second-order valence-corrected chi connectivity index (χ2v) is 10.3. The van der Waals surface area contributed by atoms with Gasteiger partial charge in [-0.15, -0.1) is 0 Å². The van der Waals surface area contributed by atoms with Crippen LogP contribution in [0, 0.1) is 0 Å². The van der Waals surface area contributed by atoms with E-state index in [0.29, 0.717) is 4.47 Å². The molecule has 0 aliphatic carbocycles. The zero-order valence-electron chi connectivity index (χ0n) is 11.3. The molecular weight excluding hydrogens is 368 g/mol. The van der Waals surface area contributed by atoms with Crippen molar-refractivity contribution in [2.24, 2.45) is 0 Å². The van der Waals surface area contributed by atoms with Gasteiger partial charge in [-0.1, -0.05) is 15.9 Å². The van der Waals surface area contributed by atoms with Crippen molar-refractivity contribution in [2.45, 2.75) is 23.5 Å². The molecule has 0 saturated carbocycles. The van der Waals surface area contributed by atoms with E-state index in [-0.39, 0.29) is 17.1 Å². The second kappa shape index (κ2) is 5.63. The molecule has 6 nitrogen and oxygen atoms in total. The van der Waals surface area contributed by atoms with Crippen LogP contribution in [0.25, 0.3) is 0 Å². The number of halogens is 1. The van der Waals surface area contributed by atoms with Gasteiger partial charge in [0.25, 0.3) is 0 Å². The lowest BCUT2D eigenvalue weighted by atomic mass is 10.2. The fourth-order valence-electron chi connectivity index (χ4n) is 1.22. The Morgan fingerprint density at radius 1 is 1.25 bits per heavy atom. The highest BCUT2D eigenvalue weighted by atomic mass is 79.9. The number of sulfone groups is 1.